The summed E-state index contributed by atoms with van der Waals surface area (Å²) in [7, 11) is 0. The molecule has 1 atom stereocenters. The summed E-state index contributed by atoms with van der Waals surface area (Å²) >= 11 is 3.47. The molecule has 0 aromatic carbocycles. The molecule has 3 heterocycles. The molecule has 0 N–H and O–H groups in total. The van der Waals surface area contributed by atoms with Gasteiger partial charge >= 0.3 is 0 Å². The average Bonchev–Trinajstić information content (AvgIpc) is 2.55. The molecular weight excluding hydrogens is 356 g/mol. The molecule has 0 radical (unpaired) electrons. The molecule has 1 aliphatic heterocycles. The number of ether oxygens (including phenoxy) is 1. The fourth-order valence-electron chi connectivity index (χ4n) is 3.12. The number of fused-ring (bicyclic) bond motifs is 1. The first-order valence-corrected chi connectivity index (χ1v) is 8.95. The van der Waals surface area contributed by atoms with Gasteiger partial charge in [0, 0.05) is 55.7 Å². The van der Waals surface area contributed by atoms with Crippen LogP contribution in [0, 0.1) is 0 Å². The van der Waals surface area contributed by atoms with Crippen molar-refractivity contribution in [3.63, 3.8) is 0 Å². The maximum Gasteiger partial charge on any atom is 0.112 e. The van der Waals surface area contributed by atoms with Gasteiger partial charge in [0.1, 0.15) is 5.52 Å². The van der Waals surface area contributed by atoms with Crippen LogP contribution in [0.2, 0.25) is 0 Å². The van der Waals surface area contributed by atoms with Crippen molar-refractivity contribution in [3.8, 4) is 0 Å². The maximum absolute atomic E-state index is 5.49. The number of aromatic nitrogens is 2. The van der Waals surface area contributed by atoms with Gasteiger partial charge in [0.15, 0.2) is 0 Å². The number of hydrogen-bond donors (Lipinski definition) is 0. The number of nitrogens with zero attached hydrogens (tertiary/aromatic N) is 4. The molecule has 0 bridgehead atoms. The fraction of sp³-hybridized carbons (Fsp3) is 0.529. The van der Waals surface area contributed by atoms with Crippen LogP contribution in [0.4, 0.5) is 5.69 Å². The molecule has 6 heteroatoms. The third kappa shape index (κ3) is 3.82. The molecule has 2 aromatic rings. The molecule has 1 aliphatic rings. The minimum atomic E-state index is 0.503. The third-order valence-corrected chi connectivity index (χ3v) is 4.79. The molecule has 1 saturated heterocycles. The van der Waals surface area contributed by atoms with Crippen molar-refractivity contribution >= 4 is 32.7 Å². The highest BCUT2D eigenvalue weighted by molar-refractivity contribution is 9.10. The predicted octanol–water partition coefficient (Wildman–Crippen LogP) is 2.94. The fourth-order valence-corrected chi connectivity index (χ4v) is 3.44. The number of halogens is 1. The van der Waals surface area contributed by atoms with E-state index in [1.54, 1.807) is 0 Å². The normalized spacial score (nSPS) is 19.4. The Morgan fingerprint density at radius 3 is 3.00 bits per heavy atom. The van der Waals surface area contributed by atoms with E-state index >= 15 is 0 Å². The first kappa shape index (κ1) is 16.6. The van der Waals surface area contributed by atoms with E-state index in [9.17, 15) is 0 Å². The van der Waals surface area contributed by atoms with Crippen molar-refractivity contribution in [2.45, 2.75) is 19.9 Å². The second kappa shape index (κ2) is 7.55. The van der Waals surface area contributed by atoms with Crippen LogP contribution in [0.3, 0.4) is 0 Å². The number of anilines is 1. The topological polar surface area (TPSA) is 41.5 Å². The number of pyridine rings is 2. The molecule has 0 aliphatic carbocycles. The molecule has 0 spiro atoms. The summed E-state index contributed by atoms with van der Waals surface area (Å²) in [6.07, 6.45) is 3.72. The van der Waals surface area contributed by atoms with Crippen molar-refractivity contribution < 1.29 is 4.74 Å². The summed E-state index contributed by atoms with van der Waals surface area (Å²) in [6, 6.07) is 4.60. The van der Waals surface area contributed by atoms with Crippen LogP contribution in [0.1, 0.15) is 13.8 Å². The van der Waals surface area contributed by atoms with E-state index in [0.717, 1.165) is 54.9 Å². The van der Waals surface area contributed by atoms with E-state index in [1.807, 2.05) is 25.4 Å². The summed E-state index contributed by atoms with van der Waals surface area (Å²) < 4.78 is 6.45. The Morgan fingerprint density at radius 2 is 2.22 bits per heavy atom. The van der Waals surface area contributed by atoms with E-state index in [-0.39, 0.29) is 0 Å². The van der Waals surface area contributed by atoms with Crippen LogP contribution in [-0.2, 0) is 4.74 Å². The van der Waals surface area contributed by atoms with Gasteiger partial charge in [-0.1, -0.05) is 0 Å². The predicted molar refractivity (Wildman–Crippen MR) is 97.0 cm³/mol. The Kier molecular flexibility index (Phi) is 5.46. The lowest BCUT2D eigenvalue weighted by atomic mass is 10.1. The van der Waals surface area contributed by atoms with Crippen LogP contribution in [0.25, 0.3) is 11.0 Å². The SMILES string of the molecule is CCOCCN1CCN(c2ccnc3cc(Br)cnc23)CC1C. The lowest BCUT2D eigenvalue weighted by molar-refractivity contribution is 0.0926. The molecule has 124 valence electrons. The zero-order valence-electron chi connectivity index (χ0n) is 13.7. The van der Waals surface area contributed by atoms with Crippen LogP contribution in [-0.4, -0.2) is 60.3 Å². The molecular formula is C17H23BrN4O. The van der Waals surface area contributed by atoms with Gasteiger partial charge in [-0.25, -0.2) is 0 Å². The number of hydrogen-bond acceptors (Lipinski definition) is 5. The standard InChI is InChI=1S/C17H23BrN4O/c1-3-23-9-8-21-6-7-22(12-13(21)2)16-4-5-19-15-10-14(18)11-20-17(15)16/h4-5,10-11,13H,3,6-9,12H2,1-2H3. The largest absolute Gasteiger partial charge is 0.380 e. The van der Waals surface area contributed by atoms with Crippen LogP contribution in [0.15, 0.2) is 29.0 Å². The first-order chi connectivity index (χ1) is 11.2. The van der Waals surface area contributed by atoms with Gasteiger partial charge in [-0.3, -0.25) is 14.9 Å². The first-order valence-electron chi connectivity index (χ1n) is 8.16. The third-order valence-electron chi connectivity index (χ3n) is 4.36. The van der Waals surface area contributed by atoms with Crippen molar-refractivity contribution in [2.24, 2.45) is 0 Å². The zero-order valence-corrected chi connectivity index (χ0v) is 15.3. The van der Waals surface area contributed by atoms with Crippen molar-refractivity contribution in [1.82, 2.24) is 14.9 Å². The second-order valence-electron chi connectivity index (χ2n) is 5.88. The second-order valence-corrected chi connectivity index (χ2v) is 6.79. The van der Waals surface area contributed by atoms with Gasteiger partial charge in [-0.2, -0.15) is 0 Å². The molecule has 3 rings (SSSR count). The summed E-state index contributed by atoms with van der Waals surface area (Å²) in [4.78, 5) is 13.9. The van der Waals surface area contributed by atoms with Crippen LogP contribution < -0.4 is 4.90 Å². The minimum Gasteiger partial charge on any atom is -0.380 e. The van der Waals surface area contributed by atoms with Crippen molar-refractivity contribution in [3.05, 3.63) is 29.0 Å². The highest BCUT2D eigenvalue weighted by atomic mass is 79.9. The van der Waals surface area contributed by atoms with Crippen molar-refractivity contribution in [2.75, 3.05) is 44.3 Å². The van der Waals surface area contributed by atoms with Crippen molar-refractivity contribution in [1.29, 1.82) is 0 Å². The Balaban J connectivity index is 1.74. The maximum atomic E-state index is 5.49. The molecule has 23 heavy (non-hydrogen) atoms. The smallest absolute Gasteiger partial charge is 0.112 e. The Morgan fingerprint density at radius 1 is 1.35 bits per heavy atom. The quantitative estimate of drug-likeness (QED) is 0.748. The molecule has 0 saturated carbocycles. The van der Waals surface area contributed by atoms with Gasteiger partial charge in [0.2, 0.25) is 0 Å². The highest BCUT2D eigenvalue weighted by Crippen LogP contribution is 2.27. The summed E-state index contributed by atoms with van der Waals surface area (Å²) in [5.41, 5.74) is 3.09. The molecule has 1 fully saturated rings. The van der Waals surface area contributed by atoms with E-state index in [1.165, 1.54) is 5.69 Å². The number of piperazine rings is 1. The minimum absolute atomic E-state index is 0.503. The van der Waals surface area contributed by atoms with E-state index in [4.69, 9.17) is 4.74 Å². The van der Waals surface area contributed by atoms with E-state index in [2.05, 4.69) is 48.7 Å². The zero-order chi connectivity index (χ0) is 16.2. The summed E-state index contributed by atoms with van der Waals surface area (Å²) in [5.74, 6) is 0. The van der Waals surface area contributed by atoms with Crippen LogP contribution in [0.5, 0.6) is 0 Å². The monoisotopic (exact) mass is 378 g/mol. The Bertz CT molecular complexity index is 666. The lowest BCUT2D eigenvalue weighted by Gasteiger charge is -2.41. The highest BCUT2D eigenvalue weighted by Gasteiger charge is 2.24. The Labute approximate surface area is 145 Å². The summed E-state index contributed by atoms with van der Waals surface area (Å²) in [5, 5.41) is 0. The lowest BCUT2D eigenvalue weighted by Crippen LogP contribution is -2.52. The Hall–Kier alpha value is -1.24. The van der Waals surface area contributed by atoms with E-state index < -0.39 is 0 Å². The molecule has 0 amide bonds. The average molecular weight is 379 g/mol. The van der Waals surface area contributed by atoms with Crippen LogP contribution >= 0.6 is 15.9 Å². The molecule has 5 nitrogen and oxygen atoms in total. The number of rotatable bonds is 5. The van der Waals surface area contributed by atoms with Gasteiger partial charge < -0.3 is 9.64 Å². The van der Waals surface area contributed by atoms with E-state index in [0.29, 0.717) is 6.04 Å². The van der Waals surface area contributed by atoms with Gasteiger partial charge in [0.25, 0.3) is 0 Å². The van der Waals surface area contributed by atoms with Gasteiger partial charge in [-0.05, 0) is 41.9 Å². The summed E-state index contributed by atoms with van der Waals surface area (Å²) in [6.45, 7) is 10.00. The molecule has 2 aromatic heterocycles. The molecule has 1 unspecified atom stereocenters. The van der Waals surface area contributed by atoms with Gasteiger partial charge in [-0.15, -0.1) is 0 Å². The van der Waals surface area contributed by atoms with Gasteiger partial charge in [0.05, 0.1) is 17.8 Å².